The Morgan fingerprint density at radius 2 is 1.33 bits per heavy atom. The minimum Gasteiger partial charge on any atom is -0.394 e. The Bertz CT molecular complexity index is 332. The highest BCUT2D eigenvalue weighted by molar-refractivity contribution is 4.93. The van der Waals surface area contributed by atoms with E-state index < -0.39 is 30.5 Å². The molecule has 0 amide bonds. The molecule has 0 bridgehead atoms. The summed E-state index contributed by atoms with van der Waals surface area (Å²) in [5.41, 5.74) is 0. The van der Waals surface area contributed by atoms with Crippen LogP contribution in [0.5, 0.6) is 0 Å². The number of rotatable bonds is 12. The van der Waals surface area contributed by atoms with Crippen LogP contribution in [-0.2, 0) is 4.74 Å². The summed E-state index contributed by atoms with van der Waals surface area (Å²) in [6, 6.07) is 0. The topological polar surface area (TPSA) is 90.2 Å². The molecule has 4 N–H and O–H groups in total. The lowest BCUT2D eigenvalue weighted by Gasteiger charge is -2.40. The van der Waals surface area contributed by atoms with Crippen LogP contribution in [0.1, 0.15) is 71.1 Å². The Labute approximate surface area is 146 Å². The van der Waals surface area contributed by atoms with Crippen LogP contribution in [0.2, 0.25) is 0 Å². The number of aliphatic hydroxyl groups is 4. The Morgan fingerprint density at radius 3 is 2.00 bits per heavy atom. The van der Waals surface area contributed by atoms with E-state index in [1.807, 2.05) is 0 Å². The van der Waals surface area contributed by atoms with Gasteiger partial charge < -0.3 is 25.2 Å². The minimum absolute atomic E-state index is 0.366. The third kappa shape index (κ3) is 7.62. The third-order valence-corrected chi connectivity index (χ3v) is 4.75. The van der Waals surface area contributed by atoms with Crippen molar-refractivity contribution in [1.82, 2.24) is 0 Å². The van der Waals surface area contributed by atoms with E-state index in [2.05, 4.69) is 19.1 Å². The van der Waals surface area contributed by atoms with Crippen LogP contribution >= 0.6 is 0 Å². The standard InChI is InChI=1S/C19H36O5/c1-2-3-4-5-6-7-8-9-10-11-12-13-15-17(21)19(23)18(22)16(14-20)24-15/h10-11,15-23H,2-9,12-14H2,1H3/b11-10+/t15-,16?,17?,18+,19?/m0/s1. The molecule has 1 fully saturated rings. The maximum absolute atomic E-state index is 9.94. The first-order valence-corrected chi connectivity index (χ1v) is 9.57. The molecule has 1 aliphatic rings. The fraction of sp³-hybridized carbons (Fsp3) is 0.895. The summed E-state index contributed by atoms with van der Waals surface area (Å²) in [6.45, 7) is 1.87. The first-order chi connectivity index (χ1) is 11.6. The van der Waals surface area contributed by atoms with Gasteiger partial charge in [0.25, 0.3) is 0 Å². The number of hydrogen-bond donors (Lipinski definition) is 4. The maximum Gasteiger partial charge on any atom is 0.111 e. The average molecular weight is 344 g/mol. The highest BCUT2D eigenvalue weighted by Gasteiger charge is 2.42. The minimum atomic E-state index is -1.27. The molecule has 5 nitrogen and oxygen atoms in total. The van der Waals surface area contributed by atoms with E-state index in [4.69, 9.17) is 9.84 Å². The van der Waals surface area contributed by atoms with Crippen LogP contribution in [0.3, 0.4) is 0 Å². The summed E-state index contributed by atoms with van der Waals surface area (Å²) in [5.74, 6) is 0. The smallest absolute Gasteiger partial charge is 0.111 e. The van der Waals surface area contributed by atoms with Gasteiger partial charge in [-0.15, -0.1) is 0 Å². The van der Waals surface area contributed by atoms with Gasteiger partial charge in [-0.1, -0.05) is 57.6 Å². The summed E-state index contributed by atoms with van der Waals surface area (Å²) in [4.78, 5) is 0. The van der Waals surface area contributed by atoms with E-state index >= 15 is 0 Å². The normalized spacial score (nSPS) is 31.0. The Hall–Kier alpha value is -0.460. The lowest BCUT2D eigenvalue weighted by Crippen LogP contribution is -2.58. The van der Waals surface area contributed by atoms with E-state index in [0.717, 1.165) is 12.8 Å². The Morgan fingerprint density at radius 1 is 0.750 bits per heavy atom. The van der Waals surface area contributed by atoms with Gasteiger partial charge >= 0.3 is 0 Å². The second-order valence-corrected chi connectivity index (χ2v) is 6.83. The number of aliphatic hydroxyl groups excluding tert-OH is 4. The molecule has 142 valence electrons. The van der Waals surface area contributed by atoms with Crippen LogP contribution in [0.15, 0.2) is 12.2 Å². The SMILES string of the molecule is CCCCCCCCC/C=C/CC[C@@H]1OC(CO)[C@@H](O)C(O)C1O. The molecule has 0 aliphatic carbocycles. The van der Waals surface area contributed by atoms with Crippen molar-refractivity contribution in [2.24, 2.45) is 0 Å². The summed E-state index contributed by atoms with van der Waals surface area (Å²) in [6.07, 6.45) is 10.8. The number of allylic oxidation sites excluding steroid dienone is 2. The fourth-order valence-electron chi connectivity index (χ4n) is 3.13. The van der Waals surface area contributed by atoms with Crippen molar-refractivity contribution >= 4 is 0 Å². The van der Waals surface area contributed by atoms with Crippen molar-refractivity contribution in [1.29, 1.82) is 0 Å². The van der Waals surface area contributed by atoms with E-state index in [1.54, 1.807) is 0 Å². The highest BCUT2D eigenvalue weighted by Crippen LogP contribution is 2.24. The van der Waals surface area contributed by atoms with Gasteiger partial charge in [0.05, 0.1) is 12.7 Å². The van der Waals surface area contributed by atoms with Gasteiger partial charge in [-0.3, -0.25) is 0 Å². The monoisotopic (exact) mass is 344 g/mol. The van der Waals surface area contributed by atoms with Crippen molar-refractivity contribution in [3.05, 3.63) is 12.2 Å². The van der Waals surface area contributed by atoms with Crippen molar-refractivity contribution in [3.63, 3.8) is 0 Å². The number of ether oxygens (including phenoxy) is 1. The molecule has 24 heavy (non-hydrogen) atoms. The van der Waals surface area contributed by atoms with Gasteiger partial charge in [-0.25, -0.2) is 0 Å². The molecular weight excluding hydrogens is 308 g/mol. The van der Waals surface area contributed by atoms with Gasteiger partial charge in [0, 0.05) is 0 Å². The van der Waals surface area contributed by atoms with Crippen LogP contribution in [-0.4, -0.2) is 57.6 Å². The van der Waals surface area contributed by atoms with Crippen LogP contribution < -0.4 is 0 Å². The van der Waals surface area contributed by atoms with Gasteiger partial charge in [0.15, 0.2) is 0 Å². The predicted octanol–water partition coefficient (Wildman–Crippen LogP) is 2.31. The van der Waals surface area contributed by atoms with E-state index in [-0.39, 0.29) is 6.61 Å². The Balaban J connectivity index is 2.11. The van der Waals surface area contributed by atoms with Crippen LogP contribution in [0, 0.1) is 0 Å². The quantitative estimate of drug-likeness (QED) is 0.322. The number of unbranched alkanes of at least 4 members (excludes halogenated alkanes) is 7. The van der Waals surface area contributed by atoms with E-state index in [1.165, 1.54) is 44.9 Å². The second kappa shape index (κ2) is 12.8. The summed E-state index contributed by atoms with van der Waals surface area (Å²) in [7, 11) is 0. The third-order valence-electron chi connectivity index (χ3n) is 4.75. The van der Waals surface area contributed by atoms with E-state index in [9.17, 15) is 15.3 Å². The Kier molecular flexibility index (Phi) is 11.5. The lowest BCUT2D eigenvalue weighted by molar-refractivity contribution is -0.230. The molecule has 0 aromatic heterocycles. The second-order valence-electron chi connectivity index (χ2n) is 6.83. The van der Waals surface area contributed by atoms with Crippen LogP contribution in [0.25, 0.3) is 0 Å². The zero-order valence-corrected chi connectivity index (χ0v) is 15.0. The molecule has 1 aliphatic heterocycles. The summed E-state index contributed by atoms with van der Waals surface area (Å²) >= 11 is 0. The molecule has 5 atom stereocenters. The molecule has 0 aromatic rings. The zero-order valence-electron chi connectivity index (χ0n) is 15.0. The molecule has 1 rings (SSSR count). The first-order valence-electron chi connectivity index (χ1n) is 9.57. The first kappa shape index (κ1) is 21.6. The molecule has 3 unspecified atom stereocenters. The van der Waals surface area contributed by atoms with Crippen molar-refractivity contribution in [2.45, 2.75) is 102 Å². The molecular formula is C19H36O5. The van der Waals surface area contributed by atoms with Crippen molar-refractivity contribution < 1.29 is 25.2 Å². The van der Waals surface area contributed by atoms with Gasteiger partial charge in [-0.2, -0.15) is 0 Å². The van der Waals surface area contributed by atoms with Crippen molar-refractivity contribution in [2.75, 3.05) is 6.61 Å². The molecule has 0 spiro atoms. The van der Waals surface area contributed by atoms with Crippen molar-refractivity contribution in [3.8, 4) is 0 Å². The zero-order chi connectivity index (χ0) is 17.8. The predicted molar refractivity (Wildman–Crippen MR) is 94.8 cm³/mol. The molecule has 1 heterocycles. The number of hydrogen-bond acceptors (Lipinski definition) is 5. The van der Waals surface area contributed by atoms with Crippen LogP contribution in [0.4, 0.5) is 0 Å². The largest absolute Gasteiger partial charge is 0.394 e. The van der Waals surface area contributed by atoms with Gasteiger partial charge in [-0.05, 0) is 25.7 Å². The highest BCUT2D eigenvalue weighted by atomic mass is 16.5. The van der Waals surface area contributed by atoms with Gasteiger partial charge in [0.1, 0.15) is 24.4 Å². The summed E-state index contributed by atoms with van der Waals surface area (Å²) < 4.78 is 5.48. The van der Waals surface area contributed by atoms with E-state index in [0.29, 0.717) is 6.42 Å². The summed E-state index contributed by atoms with van der Waals surface area (Å²) in [5, 5.41) is 38.6. The van der Waals surface area contributed by atoms with Gasteiger partial charge in [0.2, 0.25) is 0 Å². The molecule has 0 aromatic carbocycles. The lowest BCUT2D eigenvalue weighted by atomic mass is 9.93. The average Bonchev–Trinajstić information content (AvgIpc) is 2.59. The fourth-order valence-corrected chi connectivity index (χ4v) is 3.13. The maximum atomic E-state index is 9.94. The molecule has 0 radical (unpaired) electrons. The molecule has 5 heteroatoms. The molecule has 0 saturated carbocycles. The molecule has 1 saturated heterocycles.